The third kappa shape index (κ3) is 4.03. The molecule has 1 atom stereocenters. The Morgan fingerprint density at radius 1 is 1.38 bits per heavy atom. The highest BCUT2D eigenvalue weighted by molar-refractivity contribution is 7.89. The molecule has 1 unspecified atom stereocenters. The van der Waals surface area contributed by atoms with E-state index in [0.717, 1.165) is 0 Å². The zero-order chi connectivity index (χ0) is 16.2. The van der Waals surface area contributed by atoms with Crippen molar-refractivity contribution in [2.24, 2.45) is 5.92 Å². The van der Waals surface area contributed by atoms with Crippen molar-refractivity contribution < 1.29 is 17.9 Å². The molecule has 114 valence electrons. The number of nitrogens with zero attached hydrogens (tertiary/aromatic N) is 1. The minimum atomic E-state index is -3.92. The van der Waals surface area contributed by atoms with Crippen LogP contribution in [0.1, 0.15) is 25.0 Å². The monoisotopic (exact) mass is 310 g/mol. The van der Waals surface area contributed by atoms with E-state index < -0.39 is 22.0 Å². The average molecular weight is 310 g/mol. The van der Waals surface area contributed by atoms with Gasteiger partial charge in [0, 0.05) is 0 Å². The summed E-state index contributed by atoms with van der Waals surface area (Å²) in [5.74, 6) is -0.922. The van der Waals surface area contributed by atoms with Crippen LogP contribution in [-0.2, 0) is 19.6 Å². The van der Waals surface area contributed by atoms with E-state index in [9.17, 15) is 13.2 Å². The SMILES string of the molecule is COC(=O)C(NS(=O)(=O)c1cc(C#N)ccc1C)C(C)C. The number of hydrogen-bond donors (Lipinski definition) is 1. The Bertz CT molecular complexity index is 675. The smallest absolute Gasteiger partial charge is 0.324 e. The number of carbonyl (C=O) groups is 1. The number of hydrogen-bond acceptors (Lipinski definition) is 5. The molecule has 1 rings (SSSR count). The van der Waals surface area contributed by atoms with Gasteiger partial charge in [-0.1, -0.05) is 19.9 Å². The number of nitriles is 1. The van der Waals surface area contributed by atoms with Crippen LogP contribution in [-0.4, -0.2) is 27.5 Å². The Balaban J connectivity index is 3.23. The maximum Gasteiger partial charge on any atom is 0.324 e. The minimum absolute atomic E-state index is 0.0175. The summed E-state index contributed by atoms with van der Waals surface area (Å²) >= 11 is 0. The fourth-order valence-corrected chi connectivity index (χ4v) is 3.38. The van der Waals surface area contributed by atoms with E-state index in [1.54, 1.807) is 26.8 Å². The number of esters is 1. The highest BCUT2D eigenvalue weighted by atomic mass is 32.2. The molecule has 6 nitrogen and oxygen atoms in total. The largest absolute Gasteiger partial charge is 0.468 e. The first-order valence-corrected chi connectivity index (χ1v) is 7.82. The zero-order valence-corrected chi connectivity index (χ0v) is 13.2. The summed E-state index contributed by atoms with van der Waals surface area (Å²) in [4.78, 5) is 11.7. The van der Waals surface area contributed by atoms with Crippen molar-refractivity contribution in [2.75, 3.05) is 7.11 Å². The second kappa shape index (κ2) is 6.70. The summed E-state index contributed by atoms with van der Waals surface area (Å²) in [6.07, 6.45) is 0. The number of aryl methyl sites for hydroxylation is 1. The molecule has 1 N–H and O–H groups in total. The summed E-state index contributed by atoms with van der Waals surface area (Å²) < 4.78 is 31.8. The lowest BCUT2D eigenvalue weighted by atomic mass is 10.1. The third-order valence-corrected chi connectivity index (χ3v) is 4.59. The van der Waals surface area contributed by atoms with E-state index >= 15 is 0 Å². The van der Waals surface area contributed by atoms with E-state index in [1.165, 1.54) is 19.2 Å². The fourth-order valence-electron chi connectivity index (χ4n) is 1.77. The lowest BCUT2D eigenvalue weighted by Crippen LogP contribution is -2.45. The van der Waals surface area contributed by atoms with Crippen LogP contribution < -0.4 is 4.72 Å². The molecule has 0 saturated carbocycles. The van der Waals surface area contributed by atoms with E-state index in [-0.39, 0.29) is 16.4 Å². The van der Waals surface area contributed by atoms with Crippen molar-refractivity contribution in [3.63, 3.8) is 0 Å². The molecule has 0 spiro atoms. The molecule has 1 aromatic carbocycles. The molecular weight excluding hydrogens is 292 g/mol. The van der Waals surface area contributed by atoms with Crippen LogP contribution >= 0.6 is 0 Å². The maximum absolute atomic E-state index is 12.4. The van der Waals surface area contributed by atoms with Crippen molar-refractivity contribution in [2.45, 2.75) is 31.7 Å². The quantitative estimate of drug-likeness (QED) is 0.828. The van der Waals surface area contributed by atoms with Gasteiger partial charge in [-0.2, -0.15) is 9.98 Å². The lowest BCUT2D eigenvalue weighted by Gasteiger charge is -2.20. The van der Waals surface area contributed by atoms with Crippen molar-refractivity contribution in [3.8, 4) is 6.07 Å². The normalized spacial score (nSPS) is 12.8. The van der Waals surface area contributed by atoms with Gasteiger partial charge in [-0.05, 0) is 30.5 Å². The number of nitrogens with one attached hydrogen (secondary N) is 1. The number of methoxy groups -OCH3 is 1. The molecule has 0 fully saturated rings. The summed E-state index contributed by atoms with van der Waals surface area (Å²) in [5.41, 5.74) is 0.731. The average Bonchev–Trinajstić information content (AvgIpc) is 2.44. The Labute approximate surface area is 124 Å². The standard InChI is InChI=1S/C14H18N2O4S/c1-9(2)13(14(17)20-4)16-21(18,19)12-7-11(8-15)6-5-10(12)3/h5-7,9,13,16H,1-4H3. The van der Waals surface area contributed by atoms with Crippen LogP contribution in [0.25, 0.3) is 0 Å². The molecule has 0 aromatic heterocycles. The number of carbonyl (C=O) groups excluding carboxylic acids is 1. The van der Waals surface area contributed by atoms with Crippen LogP contribution in [0.4, 0.5) is 0 Å². The van der Waals surface area contributed by atoms with Gasteiger partial charge in [0.05, 0.1) is 23.6 Å². The first-order chi connectivity index (χ1) is 9.72. The Hall–Kier alpha value is -1.91. The predicted molar refractivity (Wildman–Crippen MR) is 76.9 cm³/mol. The third-order valence-electron chi connectivity index (χ3n) is 3.01. The van der Waals surface area contributed by atoms with E-state index in [1.807, 2.05) is 6.07 Å². The van der Waals surface area contributed by atoms with Gasteiger partial charge in [0.2, 0.25) is 10.0 Å². The van der Waals surface area contributed by atoms with Gasteiger partial charge in [-0.25, -0.2) is 8.42 Å². The molecule has 0 aliphatic rings. The topological polar surface area (TPSA) is 96.3 Å². The van der Waals surface area contributed by atoms with Crippen molar-refractivity contribution in [3.05, 3.63) is 29.3 Å². The van der Waals surface area contributed by atoms with Crippen LogP contribution in [0.15, 0.2) is 23.1 Å². The molecule has 0 saturated heterocycles. The van der Waals surface area contributed by atoms with Crippen LogP contribution in [0.3, 0.4) is 0 Å². The van der Waals surface area contributed by atoms with Crippen molar-refractivity contribution in [1.82, 2.24) is 4.72 Å². The van der Waals surface area contributed by atoms with Gasteiger partial charge < -0.3 is 4.74 Å². The van der Waals surface area contributed by atoms with Crippen molar-refractivity contribution >= 4 is 16.0 Å². The van der Waals surface area contributed by atoms with Gasteiger partial charge in [-0.15, -0.1) is 0 Å². The maximum atomic E-state index is 12.4. The van der Waals surface area contributed by atoms with E-state index in [0.29, 0.717) is 5.56 Å². The van der Waals surface area contributed by atoms with Crippen LogP contribution in [0, 0.1) is 24.2 Å². The molecule has 0 aliphatic carbocycles. The summed E-state index contributed by atoms with van der Waals surface area (Å²) in [6, 6.07) is 5.28. The number of sulfonamides is 1. The second-order valence-electron chi connectivity index (χ2n) is 4.96. The van der Waals surface area contributed by atoms with Crippen LogP contribution in [0.2, 0.25) is 0 Å². The van der Waals surface area contributed by atoms with Gasteiger partial charge in [0.1, 0.15) is 6.04 Å². The predicted octanol–water partition coefficient (Wildman–Crippen LogP) is 1.34. The zero-order valence-electron chi connectivity index (χ0n) is 12.4. The molecule has 0 aliphatic heterocycles. The second-order valence-corrected chi connectivity index (χ2v) is 6.64. The number of benzene rings is 1. The van der Waals surface area contributed by atoms with Gasteiger partial charge in [-0.3, -0.25) is 4.79 Å². The summed E-state index contributed by atoms with van der Waals surface area (Å²) in [5, 5.41) is 8.88. The van der Waals surface area contributed by atoms with Gasteiger partial charge in [0.25, 0.3) is 0 Å². The molecule has 21 heavy (non-hydrogen) atoms. The molecular formula is C14H18N2O4S. The molecule has 0 heterocycles. The fraction of sp³-hybridized carbons (Fsp3) is 0.429. The van der Waals surface area contributed by atoms with Gasteiger partial charge in [0.15, 0.2) is 0 Å². The van der Waals surface area contributed by atoms with E-state index in [4.69, 9.17) is 5.26 Å². The summed E-state index contributed by atoms with van der Waals surface area (Å²) in [7, 11) is -2.72. The molecule has 0 radical (unpaired) electrons. The first kappa shape index (κ1) is 17.1. The minimum Gasteiger partial charge on any atom is -0.468 e. The Kier molecular flexibility index (Phi) is 5.47. The molecule has 0 amide bonds. The molecule has 1 aromatic rings. The van der Waals surface area contributed by atoms with Gasteiger partial charge >= 0.3 is 5.97 Å². The highest BCUT2D eigenvalue weighted by Gasteiger charge is 2.29. The number of rotatable bonds is 5. The number of ether oxygens (including phenoxy) is 1. The Morgan fingerprint density at radius 3 is 2.48 bits per heavy atom. The molecule has 7 heteroatoms. The van der Waals surface area contributed by atoms with Crippen molar-refractivity contribution in [1.29, 1.82) is 5.26 Å². The van der Waals surface area contributed by atoms with Crippen LogP contribution in [0.5, 0.6) is 0 Å². The first-order valence-electron chi connectivity index (χ1n) is 6.34. The Morgan fingerprint density at radius 2 is 2.00 bits per heavy atom. The molecule has 0 bridgehead atoms. The highest BCUT2D eigenvalue weighted by Crippen LogP contribution is 2.18. The van der Waals surface area contributed by atoms with E-state index in [2.05, 4.69) is 9.46 Å². The lowest BCUT2D eigenvalue weighted by molar-refractivity contribution is -0.143. The summed E-state index contributed by atoms with van der Waals surface area (Å²) in [6.45, 7) is 5.05.